The van der Waals surface area contributed by atoms with Crippen LogP contribution >= 0.6 is 0 Å². The molecule has 54 valence electrons. The monoisotopic (exact) mass is 129 g/mol. The van der Waals surface area contributed by atoms with Gasteiger partial charge < -0.3 is 4.74 Å². The third-order valence-corrected chi connectivity index (χ3v) is 0.515. The van der Waals surface area contributed by atoms with Crippen molar-refractivity contribution in [2.45, 2.75) is 27.2 Å². The van der Waals surface area contributed by atoms with Gasteiger partial charge in [0.1, 0.15) is 6.61 Å². The van der Waals surface area contributed by atoms with E-state index in [1.807, 2.05) is 26.8 Å². The average molecular weight is 129 g/mol. The van der Waals surface area contributed by atoms with Crippen molar-refractivity contribution in [3.63, 3.8) is 0 Å². The maximum atomic E-state index is 7.92. The molecule has 0 N–H and O–H groups in total. The van der Waals surface area contributed by atoms with Gasteiger partial charge in [-0.15, -0.1) is 0 Å². The van der Waals surface area contributed by atoms with Gasteiger partial charge in [-0.25, -0.2) is 0 Å². The van der Waals surface area contributed by atoms with E-state index in [4.69, 9.17) is 10.00 Å². The van der Waals surface area contributed by atoms with Gasteiger partial charge in [0.2, 0.25) is 0 Å². The highest BCUT2D eigenvalue weighted by Gasteiger charge is 1.77. The minimum absolute atomic E-state index is 0.230. The average Bonchev–Trinajstić information content (AvgIpc) is 1.94. The lowest BCUT2D eigenvalue weighted by molar-refractivity contribution is 0.166. The minimum Gasteiger partial charge on any atom is -0.367 e. The van der Waals surface area contributed by atoms with E-state index < -0.39 is 0 Å². The van der Waals surface area contributed by atoms with Crippen molar-refractivity contribution in [3.05, 3.63) is 0 Å². The molecule has 0 aromatic carbocycles. The number of ether oxygens (including phenoxy) is 1. The normalized spacial score (nSPS) is 6.89. The molecule has 0 atom stereocenters. The fourth-order valence-electron chi connectivity index (χ4n) is 0.262. The Morgan fingerprint density at radius 1 is 1.44 bits per heavy atom. The topological polar surface area (TPSA) is 33.0 Å². The molecular formula is C7H15NO. The molecule has 0 rings (SSSR count). The van der Waals surface area contributed by atoms with E-state index in [9.17, 15) is 0 Å². The molecular weight excluding hydrogens is 114 g/mol. The van der Waals surface area contributed by atoms with E-state index in [0.717, 1.165) is 6.42 Å². The molecule has 0 aliphatic carbocycles. The number of nitrogens with zero attached hydrogens (tertiary/aromatic N) is 1. The van der Waals surface area contributed by atoms with Gasteiger partial charge in [-0.1, -0.05) is 20.8 Å². The maximum absolute atomic E-state index is 7.92. The van der Waals surface area contributed by atoms with Gasteiger partial charge in [0.15, 0.2) is 0 Å². The van der Waals surface area contributed by atoms with Gasteiger partial charge in [0, 0.05) is 6.61 Å². The van der Waals surface area contributed by atoms with Crippen molar-refractivity contribution in [2.75, 3.05) is 13.2 Å². The largest absolute Gasteiger partial charge is 0.367 e. The molecule has 0 aromatic rings. The fraction of sp³-hybridized carbons (Fsp3) is 0.857. The van der Waals surface area contributed by atoms with Gasteiger partial charge in [0.25, 0.3) is 0 Å². The second-order valence-corrected chi connectivity index (χ2v) is 1.21. The number of nitriles is 1. The van der Waals surface area contributed by atoms with Crippen LogP contribution in [0.3, 0.4) is 0 Å². The number of rotatable bonds is 3. The Bertz CT molecular complexity index is 65.8. The molecule has 0 aliphatic rings. The van der Waals surface area contributed by atoms with Crippen LogP contribution in [-0.4, -0.2) is 13.2 Å². The second-order valence-electron chi connectivity index (χ2n) is 1.21. The van der Waals surface area contributed by atoms with Gasteiger partial charge in [-0.3, -0.25) is 0 Å². The van der Waals surface area contributed by atoms with E-state index in [0.29, 0.717) is 6.61 Å². The Kier molecular flexibility index (Phi) is 19.6. The van der Waals surface area contributed by atoms with Crippen molar-refractivity contribution in [1.29, 1.82) is 5.26 Å². The van der Waals surface area contributed by atoms with Crippen molar-refractivity contribution < 1.29 is 4.74 Å². The summed E-state index contributed by atoms with van der Waals surface area (Å²) in [5.41, 5.74) is 0. The molecule has 0 saturated heterocycles. The first-order chi connectivity index (χ1) is 4.41. The summed E-state index contributed by atoms with van der Waals surface area (Å²) >= 11 is 0. The summed E-state index contributed by atoms with van der Waals surface area (Å²) in [5, 5.41) is 7.92. The predicted octanol–water partition coefficient (Wildman–Crippen LogP) is 1.96. The minimum atomic E-state index is 0.230. The van der Waals surface area contributed by atoms with Crippen LogP contribution in [0.1, 0.15) is 27.2 Å². The molecule has 2 nitrogen and oxygen atoms in total. The van der Waals surface area contributed by atoms with Crippen LogP contribution in [0.2, 0.25) is 0 Å². The van der Waals surface area contributed by atoms with Crippen LogP contribution in [0.5, 0.6) is 0 Å². The van der Waals surface area contributed by atoms with Crippen LogP contribution in [0.25, 0.3) is 0 Å². The summed E-state index contributed by atoms with van der Waals surface area (Å²) in [6.07, 6.45) is 0.988. The molecule has 0 heterocycles. The Hall–Kier alpha value is -0.550. The van der Waals surface area contributed by atoms with E-state index in [-0.39, 0.29) is 6.61 Å². The number of hydrogen-bond acceptors (Lipinski definition) is 2. The van der Waals surface area contributed by atoms with Crippen LogP contribution < -0.4 is 0 Å². The van der Waals surface area contributed by atoms with Crippen molar-refractivity contribution in [2.24, 2.45) is 0 Å². The predicted molar refractivity (Wildman–Crippen MR) is 38.1 cm³/mol. The van der Waals surface area contributed by atoms with Crippen LogP contribution in [-0.2, 0) is 4.74 Å². The lowest BCUT2D eigenvalue weighted by Crippen LogP contribution is -1.90. The van der Waals surface area contributed by atoms with Crippen molar-refractivity contribution >= 4 is 0 Å². The van der Waals surface area contributed by atoms with Gasteiger partial charge in [0.05, 0.1) is 6.07 Å². The molecule has 0 fully saturated rings. The van der Waals surface area contributed by atoms with Gasteiger partial charge >= 0.3 is 0 Å². The molecule has 2 heteroatoms. The lowest BCUT2D eigenvalue weighted by Gasteiger charge is -1.89. The van der Waals surface area contributed by atoms with E-state index in [1.54, 1.807) is 0 Å². The molecule has 0 unspecified atom stereocenters. The van der Waals surface area contributed by atoms with Gasteiger partial charge in [-0.05, 0) is 6.42 Å². The standard InChI is InChI=1S/C5H9NO.C2H6/c1-2-4-7-5-3-6;1-2/h2,4-5H2,1H3;1-2H3. The summed E-state index contributed by atoms with van der Waals surface area (Å²) in [4.78, 5) is 0. The highest BCUT2D eigenvalue weighted by molar-refractivity contribution is 4.65. The van der Waals surface area contributed by atoms with Gasteiger partial charge in [-0.2, -0.15) is 5.26 Å². The zero-order chi connectivity index (χ0) is 7.54. The third-order valence-electron chi connectivity index (χ3n) is 0.515. The van der Waals surface area contributed by atoms with Crippen molar-refractivity contribution in [3.8, 4) is 6.07 Å². The van der Waals surface area contributed by atoms with E-state index >= 15 is 0 Å². The summed E-state index contributed by atoms with van der Waals surface area (Å²) in [5.74, 6) is 0. The summed E-state index contributed by atoms with van der Waals surface area (Å²) in [6, 6.07) is 1.88. The summed E-state index contributed by atoms with van der Waals surface area (Å²) < 4.78 is 4.77. The highest BCUT2D eigenvalue weighted by atomic mass is 16.5. The Morgan fingerprint density at radius 3 is 2.33 bits per heavy atom. The first-order valence-electron chi connectivity index (χ1n) is 3.36. The smallest absolute Gasteiger partial charge is 0.133 e. The third kappa shape index (κ3) is 18.6. The molecule has 0 bridgehead atoms. The first kappa shape index (κ1) is 11.3. The van der Waals surface area contributed by atoms with E-state index in [1.165, 1.54) is 0 Å². The molecule has 0 saturated carbocycles. The maximum Gasteiger partial charge on any atom is 0.133 e. The highest BCUT2D eigenvalue weighted by Crippen LogP contribution is 1.76. The molecule has 9 heavy (non-hydrogen) atoms. The molecule has 0 spiro atoms. The summed E-state index contributed by atoms with van der Waals surface area (Å²) in [7, 11) is 0. The quantitative estimate of drug-likeness (QED) is 0.546. The fourth-order valence-corrected chi connectivity index (χ4v) is 0.262. The molecule has 0 amide bonds. The Morgan fingerprint density at radius 2 is 2.00 bits per heavy atom. The number of hydrogen-bond donors (Lipinski definition) is 0. The second kappa shape index (κ2) is 15.7. The first-order valence-corrected chi connectivity index (χ1v) is 3.36. The van der Waals surface area contributed by atoms with E-state index in [2.05, 4.69) is 0 Å². The molecule has 0 radical (unpaired) electrons. The zero-order valence-electron chi connectivity index (χ0n) is 6.48. The molecule has 0 aromatic heterocycles. The SMILES string of the molecule is CC.CCCOCC#N. The van der Waals surface area contributed by atoms with Crippen LogP contribution in [0.4, 0.5) is 0 Å². The molecule has 0 aliphatic heterocycles. The van der Waals surface area contributed by atoms with Crippen LogP contribution in [0.15, 0.2) is 0 Å². The van der Waals surface area contributed by atoms with Crippen molar-refractivity contribution in [1.82, 2.24) is 0 Å². The Balaban J connectivity index is 0. The van der Waals surface area contributed by atoms with Crippen LogP contribution in [0, 0.1) is 11.3 Å². The Labute approximate surface area is 57.4 Å². The summed E-state index contributed by atoms with van der Waals surface area (Å²) in [6.45, 7) is 6.94. The lowest BCUT2D eigenvalue weighted by atomic mass is 10.5. The zero-order valence-corrected chi connectivity index (χ0v) is 6.48.